The largest absolute Gasteiger partial charge is 0.513 e. The molecule has 2 aromatic rings. The van der Waals surface area contributed by atoms with Crippen molar-refractivity contribution >= 4 is 6.16 Å². The zero-order chi connectivity index (χ0) is 14.5. The first-order chi connectivity index (χ1) is 9.54. The van der Waals surface area contributed by atoms with Crippen LogP contribution in [-0.2, 0) is 6.61 Å². The molecule has 0 saturated heterocycles. The second kappa shape index (κ2) is 5.92. The van der Waals surface area contributed by atoms with E-state index >= 15 is 0 Å². The fourth-order valence-corrected chi connectivity index (χ4v) is 1.47. The third-order valence-electron chi connectivity index (χ3n) is 2.48. The quantitative estimate of drug-likeness (QED) is 0.864. The molecule has 1 aromatic heterocycles. The van der Waals surface area contributed by atoms with Crippen molar-refractivity contribution in [2.75, 3.05) is 0 Å². The minimum Gasteiger partial charge on any atom is -0.482 e. The first-order valence-electron chi connectivity index (χ1n) is 5.76. The summed E-state index contributed by atoms with van der Waals surface area (Å²) in [6, 6.07) is 8.56. The first kappa shape index (κ1) is 13.7. The van der Waals surface area contributed by atoms with E-state index in [-0.39, 0.29) is 12.4 Å². The molecule has 0 aliphatic heterocycles. The molecule has 0 aliphatic carbocycles. The highest BCUT2D eigenvalue weighted by molar-refractivity contribution is 5.59. The third kappa shape index (κ3) is 3.61. The normalized spacial score (nSPS) is 10.1. The van der Waals surface area contributed by atoms with Crippen molar-refractivity contribution in [2.45, 2.75) is 13.5 Å². The number of rotatable bonds is 4. The van der Waals surface area contributed by atoms with Gasteiger partial charge in [0.05, 0.1) is 6.07 Å². The molecule has 0 fully saturated rings. The van der Waals surface area contributed by atoms with Gasteiger partial charge in [-0.05, 0) is 12.5 Å². The SMILES string of the molecule is Cc1ccc(COc2coc(OC(=O)O)cc2=O)cc1. The summed E-state index contributed by atoms with van der Waals surface area (Å²) < 4.78 is 14.4. The Bertz CT molecular complexity index is 656. The van der Waals surface area contributed by atoms with Crippen LogP contribution in [0.2, 0.25) is 0 Å². The molecular weight excluding hydrogens is 264 g/mol. The number of ether oxygens (including phenoxy) is 2. The third-order valence-corrected chi connectivity index (χ3v) is 2.48. The number of carbonyl (C=O) groups is 1. The van der Waals surface area contributed by atoms with E-state index in [4.69, 9.17) is 14.3 Å². The van der Waals surface area contributed by atoms with Crippen LogP contribution >= 0.6 is 0 Å². The maximum atomic E-state index is 11.6. The van der Waals surface area contributed by atoms with Crippen LogP contribution < -0.4 is 14.9 Å². The lowest BCUT2D eigenvalue weighted by atomic mass is 10.2. The van der Waals surface area contributed by atoms with Gasteiger partial charge in [0.1, 0.15) is 12.9 Å². The molecule has 0 radical (unpaired) electrons. The second-order valence-electron chi connectivity index (χ2n) is 4.07. The van der Waals surface area contributed by atoms with Crippen molar-refractivity contribution in [1.29, 1.82) is 0 Å². The van der Waals surface area contributed by atoms with Crippen molar-refractivity contribution in [1.82, 2.24) is 0 Å². The van der Waals surface area contributed by atoms with Gasteiger partial charge in [-0.25, -0.2) is 4.79 Å². The summed E-state index contributed by atoms with van der Waals surface area (Å²) in [5, 5.41) is 8.39. The molecule has 104 valence electrons. The lowest BCUT2D eigenvalue weighted by Crippen LogP contribution is -2.09. The summed E-state index contributed by atoms with van der Waals surface area (Å²) in [6.45, 7) is 2.19. The Labute approximate surface area is 114 Å². The Balaban J connectivity index is 2.04. The number of hydrogen-bond donors (Lipinski definition) is 1. The van der Waals surface area contributed by atoms with Crippen molar-refractivity contribution in [3.8, 4) is 11.7 Å². The van der Waals surface area contributed by atoms with Gasteiger partial charge in [-0.1, -0.05) is 29.8 Å². The van der Waals surface area contributed by atoms with E-state index in [0.29, 0.717) is 0 Å². The second-order valence-corrected chi connectivity index (χ2v) is 4.07. The number of hydrogen-bond acceptors (Lipinski definition) is 5. The molecule has 0 amide bonds. The Morgan fingerprint density at radius 3 is 2.60 bits per heavy atom. The van der Waals surface area contributed by atoms with Gasteiger partial charge >= 0.3 is 6.16 Å². The molecular formula is C14H12O6. The molecule has 0 unspecified atom stereocenters. The zero-order valence-corrected chi connectivity index (χ0v) is 10.7. The van der Waals surface area contributed by atoms with Gasteiger partial charge < -0.3 is 19.0 Å². The molecule has 0 saturated carbocycles. The Hall–Kier alpha value is -2.76. The predicted octanol–water partition coefficient (Wildman–Crippen LogP) is 2.58. The van der Waals surface area contributed by atoms with Crippen LogP contribution in [0.15, 0.2) is 45.8 Å². The molecule has 0 spiro atoms. The van der Waals surface area contributed by atoms with Gasteiger partial charge in [-0.15, -0.1) is 0 Å². The summed E-state index contributed by atoms with van der Waals surface area (Å²) in [5.74, 6) is -0.409. The zero-order valence-electron chi connectivity index (χ0n) is 10.7. The van der Waals surface area contributed by atoms with E-state index in [1.165, 1.54) is 0 Å². The highest BCUT2D eigenvalue weighted by Gasteiger charge is 2.08. The van der Waals surface area contributed by atoms with Crippen molar-refractivity contribution < 1.29 is 23.8 Å². The van der Waals surface area contributed by atoms with E-state index < -0.39 is 17.5 Å². The van der Waals surface area contributed by atoms with Crippen LogP contribution in [0.25, 0.3) is 0 Å². The van der Waals surface area contributed by atoms with Crippen LogP contribution in [0.4, 0.5) is 4.79 Å². The highest BCUT2D eigenvalue weighted by atomic mass is 16.7. The van der Waals surface area contributed by atoms with Crippen LogP contribution in [0.5, 0.6) is 11.7 Å². The maximum absolute atomic E-state index is 11.6. The smallest absolute Gasteiger partial charge is 0.482 e. The van der Waals surface area contributed by atoms with Gasteiger partial charge in [-0.3, -0.25) is 4.79 Å². The highest BCUT2D eigenvalue weighted by Crippen LogP contribution is 2.14. The lowest BCUT2D eigenvalue weighted by molar-refractivity contribution is 0.131. The van der Waals surface area contributed by atoms with E-state index in [9.17, 15) is 9.59 Å². The topological polar surface area (TPSA) is 86.0 Å². The van der Waals surface area contributed by atoms with Crippen molar-refractivity contribution in [3.63, 3.8) is 0 Å². The number of aryl methyl sites for hydroxylation is 1. The summed E-state index contributed by atoms with van der Waals surface area (Å²) in [7, 11) is 0. The van der Waals surface area contributed by atoms with Gasteiger partial charge in [0.25, 0.3) is 5.95 Å². The molecule has 0 atom stereocenters. The van der Waals surface area contributed by atoms with E-state index in [2.05, 4.69) is 4.74 Å². The van der Waals surface area contributed by atoms with Gasteiger partial charge in [0, 0.05) is 0 Å². The molecule has 1 aromatic carbocycles. The summed E-state index contributed by atoms with van der Waals surface area (Å²) in [6.07, 6.45) is -0.532. The van der Waals surface area contributed by atoms with Crippen LogP contribution in [-0.4, -0.2) is 11.3 Å². The average Bonchev–Trinajstić information content (AvgIpc) is 2.39. The molecule has 0 bridgehead atoms. The van der Waals surface area contributed by atoms with E-state index in [1.54, 1.807) is 0 Å². The Morgan fingerprint density at radius 2 is 2.00 bits per heavy atom. The molecule has 2 rings (SSSR count). The van der Waals surface area contributed by atoms with Crippen molar-refractivity contribution in [2.24, 2.45) is 0 Å². The Kier molecular flexibility index (Phi) is 4.05. The average molecular weight is 276 g/mol. The van der Waals surface area contributed by atoms with Gasteiger partial charge in [0.2, 0.25) is 11.2 Å². The van der Waals surface area contributed by atoms with Crippen LogP contribution in [0, 0.1) is 6.92 Å². The summed E-state index contributed by atoms with van der Waals surface area (Å²) in [5.41, 5.74) is 1.52. The summed E-state index contributed by atoms with van der Waals surface area (Å²) in [4.78, 5) is 21.9. The lowest BCUT2D eigenvalue weighted by Gasteiger charge is -2.05. The van der Waals surface area contributed by atoms with Crippen LogP contribution in [0.1, 0.15) is 11.1 Å². The molecule has 6 nitrogen and oxygen atoms in total. The number of carboxylic acid groups (broad SMARTS) is 1. The fourth-order valence-electron chi connectivity index (χ4n) is 1.47. The standard InChI is InChI=1S/C14H12O6/c1-9-2-4-10(5-3-9)7-18-12-8-19-13(6-11(12)15)20-14(16)17/h2-6,8H,7H2,1H3,(H,16,17). The molecule has 1 heterocycles. The predicted molar refractivity (Wildman–Crippen MR) is 69.1 cm³/mol. The number of benzene rings is 1. The van der Waals surface area contributed by atoms with E-state index in [1.807, 2.05) is 31.2 Å². The van der Waals surface area contributed by atoms with Crippen molar-refractivity contribution in [3.05, 3.63) is 57.9 Å². The maximum Gasteiger partial charge on any atom is 0.513 e. The monoisotopic (exact) mass is 276 g/mol. The van der Waals surface area contributed by atoms with Crippen LogP contribution in [0.3, 0.4) is 0 Å². The van der Waals surface area contributed by atoms with Gasteiger partial charge in [-0.2, -0.15) is 0 Å². The molecule has 1 N–H and O–H groups in total. The Morgan fingerprint density at radius 1 is 1.30 bits per heavy atom. The first-order valence-corrected chi connectivity index (χ1v) is 5.76. The molecule has 6 heteroatoms. The fraction of sp³-hybridized carbons (Fsp3) is 0.143. The van der Waals surface area contributed by atoms with E-state index in [0.717, 1.165) is 23.5 Å². The summed E-state index contributed by atoms with van der Waals surface area (Å²) >= 11 is 0. The molecule has 0 aliphatic rings. The molecule has 20 heavy (non-hydrogen) atoms. The minimum absolute atomic E-state index is 0.0108. The van der Waals surface area contributed by atoms with Gasteiger partial charge in [0.15, 0.2) is 0 Å². The minimum atomic E-state index is -1.55.